The Balaban J connectivity index is 1.58. The predicted molar refractivity (Wildman–Crippen MR) is 134 cm³/mol. The second kappa shape index (κ2) is 7.51. The third-order valence-corrected chi connectivity index (χ3v) is 7.17. The van der Waals surface area contributed by atoms with Crippen molar-refractivity contribution in [2.45, 2.75) is 64.7 Å². The highest BCUT2D eigenvalue weighted by atomic mass is 15.2. The molecular weight excluding hydrogens is 408 g/mol. The fraction of sp³-hybridized carbons (Fsp3) is 0.481. The summed E-state index contributed by atoms with van der Waals surface area (Å²) in [6, 6.07) is 4.26. The number of H-pyrrole nitrogens is 1. The van der Waals surface area contributed by atoms with Crippen LogP contribution >= 0.6 is 0 Å². The molecular formula is C27H32N6. The minimum absolute atomic E-state index is 0.0143. The van der Waals surface area contributed by atoms with E-state index in [1.165, 1.54) is 42.3 Å². The van der Waals surface area contributed by atoms with E-state index in [-0.39, 0.29) is 5.41 Å². The topological polar surface area (TPSA) is 70.6 Å². The lowest BCUT2D eigenvalue weighted by molar-refractivity contribution is 0.445. The van der Waals surface area contributed by atoms with Gasteiger partial charge in [-0.1, -0.05) is 27.7 Å². The molecule has 1 N–H and O–H groups in total. The minimum Gasteiger partial charge on any atom is -0.356 e. The summed E-state index contributed by atoms with van der Waals surface area (Å²) in [5.41, 5.74) is 5.37. The molecule has 0 amide bonds. The average Bonchev–Trinajstić information content (AvgIpc) is 3.54. The maximum absolute atomic E-state index is 5.27. The van der Waals surface area contributed by atoms with Gasteiger partial charge in [0.05, 0.1) is 11.7 Å². The number of aromatic nitrogens is 5. The second-order valence-corrected chi connectivity index (χ2v) is 11.0. The van der Waals surface area contributed by atoms with E-state index in [2.05, 4.69) is 53.6 Å². The average molecular weight is 441 g/mol. The summed E-state index contributed by atoms with van der Waals surface area (Å²) >= 11 is 0. The van der Waals surface area contributed by atoms with Gasteiger partial charge in [0.1, 0.15) is 11.5 Å². The van der Waals surface area contributed by atoms with Crippen LogP contribution in [0.5, 0.6) is 0 Å². The Morgan fingerprint density at radius 3 is 2.70 bits per heavy atom. The molecule has 1 aliphatic heterocycles. The van der Waals surface area contributed by atoms with Gasteiger partial charge in [-0.2, -0.15) is 0 Å². The number of piperidine rings is 1. The van der Waals surface area contributed by atoms with Crippen LogP contribution < -0.4 is 4.90 Å². The number of hydrogen-bond donors (Lipinski definition) is 1. The van der Waals surface area contributed by atoms with E-state index in [0.717, 1.165) is 46.8 Å². The van der Waals surface area contributed by atoms with E-state index in [1.54, 1.807) is 0 Å². The van der Waals surface area contributed by atoms with Crippen LogP contribution in [0.2, 0.25) is 0 Å². The molecule has 4 aromatic heterocycles. The van der Waals surface area contributed by atoms with Crippen molar-refractivity contribution >= 4 is 27.8 Å². The van der Waals surface area contributed by atoms with Gasteiger partial charge in [0.25, 0.3) is 0 Å². The summed E-state index contributed by atoms with van der Waals surface area (Å²) in [6.45, 7) is 11.1. The number of rotatable bonds is 3. The van der Waals surface area contributed by atoms with E-state index < -0.39 is 0 Å². The Morgan fingerprint density at radius 2 is 1.94 bits per heavy atom. The zero-order chi connectivity index (χ0) is 22.7. The maximum atomic E-state index is 5.27. The standard InChI is InChI=1S/C27H32N6/c1-16-6-5-11-33(15-16)26-23-20(17-7-8-17)13-28-14-21(23)30-25(32-26)18-9-10-29-24-19(18)12-22(31-24)27(2,3)4/h9-10,12-14,16-17H,5-8,11,15H2,1-4H3,(H,29,31)/t16-/m1/s1. The SMILES string of the molecule is C[C@@H]1CCCN(c2nc(-c3ccnc4[nH]c(C(C)(C)C)cc34)nc3cncc(C4CC4)c23)C1. The molecule has 1 saturated carbocycles. The molecule has 5 heterocycles. The number of hydrogen-bond acceptors (Lipinski definition) is 5. The molecule has 1 aliphatic carbocycles. The van der Waals surface area contributed by atoms with E-state index in [9.17, 15) is 0 Å². The number of anilines is 1. The highest BCUT2D eigenvalue weighted by Gasteiger charge is 2.30. The van der Waals surface area contributed by atoms with Crippen LogP contribution in [-0.4, -0.2) is 38.0 Å². The summed E-state index contributed by atoms with van der Waals surface area (Å²) in [4.78, 5) is 25.5. The van der Waals surface area contributed by atoms with Crippen molar-refractivity contribution in [2.24, 2.45) is 5.92 Å². The summed E-state index contributed by atoms with van der Waals surface area (Å²) in [5.74, 6) is 3.12. The first-order valence-electron chi connectivity index (χ1n) is 12.3. The Bertz CT molecular complexity index is 1340. The van der Waals surface area contributed by atoms with Crippen LogP contribution in [0.4, 0.5) is 5.82 Å². The van der Waals surface area contributed by atoms with E-state index in [4.69, 9.17) is 9.97 Å². The molecule has 0 unspecified atom stereocenters. The van der Waals surface area contributed by atoms with Crippen molar-refractivity contribution in [1.29, 1.82) is 0 Å². The van der Waals surface area contributed by atoms with E-state index in [0.29, 0.717) is 11.8 Å². The highest BCUT2D eigenvalue weighted by Crippen LogP contribution is 2.45. The number of aromatic amines is 1. The van der Waals surface area contributed by atoms with E-state index in [1.807, 2.05) is 24.7 Å². The number of fused-ring (bicyclic) bond motifs is 2. The predicted octanol–water partition coefficient (Wildman–Crippen LogP) is 5.98. The van der Waals surface area contributed by atoms with Crippen molar-refractivity contribution in [3.05, 3.63) is 42.0 Å². The zero-order valence-electron chi connectivity index (χ0n) is 20.0. The minimum atomic E-state index is 0.0143. The Hall–Kier alpha value is -3.02. The first-order chi connectivity index (χ1) is 15.9. The molecule has 0 bridgehead atoms. The molecule has 6 heteroatoms. The number of nitrogens with zero attached hydrogens (tertiary/aromatic N) is 5. The molecule has 170 valence electrons. The first-order valence-corrected chi connectivity index (χ1v) is 12.3. The largest absolute Gasteiger partial charge is 0.356 e. The van der Waals surface area contributed by atoms with Crippen molar-refractivity contribution < 1.29 is 0 Å². The summed E-state index contributed by atoms with van der Waals surface area (Å²) in [7, 11) is 0. The monoisotopic (exact) mass is 440 g/mol. The molecule has 4 aromatic rings. The molecule has 6 rings (SSSR count). The van der Waals surface area contributed by atoms with Gasteiger partial charge in [0.15, 0.2) is 5.82 Å². The fourth-order valence-corrected chi connectivity index (χ4v) is 5.15. The van der Waals surface area contributed by atoms with E-state index >= 15 is 0 Å². The van der Waals surface area contributed by atoms with Crippen LogP contribution in [0.3, 0.4) is 0 Å². The van der Waals surface area contributed by atoms with Crippen LogP contribution in [0, 0.1) is 5.92 Å². The van der Waals surface area contributed by atoms with Gasteiger partial charge in [-0.15, -0.1) is 0 Å². The number of nitrogens with one attached hydrogen (secondary N) is 1. The Kier molecular flexibility index (Phi) is 4.68. The van der Waals surface area contributed by atoms with Crippen molar-refractivity contribution in [1.82, 2.24) is 24.9 Å². The van der Waals surface area contributed by atoms with Crippen LogP contribution in [0.15, 0.2) is 30.7 Å². The lowest BCUT2D eigenvalue weighted by atomic mass is 9.92. The smallest absolute Gasteiger partial charge is 0.163 e. The molecule has 0 aromatic carbocycles. The van der Waals surface area contributed by atoms with Gasteiger partial charge in [0.2, 0.25) is 0 Å². The van der Waals surface area contributed by atoms with Gasteiger partial charge < -0.3 is 9.88 Å². The molecule has 0 radical (unpaired) electrons. The third-order valence-electron chi connectivity index (χ3n) is 7.17. The fourth-order valence-electron chi connectivity index (χ4n) is 5.15. The van der Waals surface area contributed by atoms with Gasteiger partial charge in [0, 0.05) is 52.9 Å². The van der Waals surface area contributed by atoms with Gasteiger partial charge >= 0.3 is 0 Å². The summed E-state index contributed by atoms with van der Waals surface area (Å²) in [5, 5.41) is 2.28. The van der Waals surface area contributed by atoms with Crippen LogP contribution in [0.25, 0.3) is 33.3 Å². The summed E-state index contributed by atoms with van der Waals surface area (Å²) < 4.78 is 0. The Labute approximate surface area is 194 Å². The molecule has 33 heavy (non-hydrogen) atoms. The van der Waals surface area contributed by atoms with Gasteiger partial charge in [-0.25, -0.2) is 15.0 Å². The third kappa shape index (κ3) is 3.65. The molecule has 1 atom stereocenters. The quantitative estimate of drug-likeness (QED) is 0.424. The molecule has 2 fully saturated rings. The number of pyridine rings is 2. The molecule has 6 nitrogen and oxygen atoms in total. The van der Waals surface area contributed by atoms with Crippen molar-refractivity contribution in [3.63, 3.8) is 0 Å². The van der Waals surface area contributed by atoms with Crippen LogP contribution in [0.1, 0.15) is 70.6 Å². The molecule has 2 aliphatic rings. The van der Waals surface area contributed by atoms with Gasteiger partial charge in [-0.3, -0.25) is 4.98 Å². The lowest BCUT2D eigenvalue weighted by Crippen LogP contribution is -2.35. The van der Waals surface area contributed by atoms with Crippen molar-refractivity contribution in [3.8, 4) is 11.4 Å². The lowest BCUT2D eigenvalue weighted by Gasteiger charge is -2.33. The first kappa shape index (κ1) is 20.6. The highest BCUT2D eigenvalue weighted by molar-refractivity contribution is 5.97. The summed E-state index contributed by atoms with van der Waals surface area (Å²) in [6.07, 6.45) is 10.8. The second-order valence-electron chi connectivity index (χ2n) is 11.0. The van der Waals surface area contributed by atoms with Crippen LogP contribution in [-0.2, 0) is 5.41 Å². The molecule has 0 spiro atoms. The van der Waals surface area contributed by atoms with Gasteiger partial charge in [-0.05, 0) is 55.2 Å². The Morgan fingerprint density at radius 1 is 1.09 bits per heavy atom. The molecule has 1 saturated heterocycles. The zero-order valence-corrected chi connectivity index (χ0v) is 20.0. The van der Waals surface area contributed by atoms with Crippen molar-refractivity contribution in [2.75, 3.05) is 18.0 Å². The normalized spacial score (nSPS) is 19.5. The maximum Gasteiger partial charge on any atom is 0.163 e.